The fourth-order valence-electron chi connectivity index (χ4n) is 2.09. The molecule has 0 bridgehead atoms. The van der Waals surface area contributed by atoms with Crippen LogP contribution >= 0.6 is 0 Å². The lowest BCUT2D eigenvalue weighted by Crippen LogP contribution is -2.26. The maximum absolute atomic E-state index is 13.0. The molecule has 2 nitrogen and oxygen atoms in total. The van der Waals surface area contributed by atoms with Crippen LogP contribution in [0.3, 0.4) is 0 Å². The van der Waals surface area contributed by atoms with E-state index in [0.717, 1.165) is 11.1 Å². The van der Waals surface area contributed by atoms with Crippen molar-refractivity contribution in [1.82, 2.24) is 4.90 Å². The lowest BCUT2D eigenvalue weighted by atomic mass is 10.1. The molecule has 0 fully saturated rings. The van der Waals surface area contributed by atoms with Crippen molar-refractivity contribution in [2.45, 2.75) is 19.4 Å². The Bertz CT molecular complexity index is 610. The first kappa shape index (κ1) is 15.2. The molecule has 4 heteroatoms. The van der Waals surface area contributed by atoms with Gasteiger partial charge in [0.15, 0.2) is 0 Å². The lowest BCUT2D eigenvalue weighted by Gasteiger charge is -2.17. The van der Waals surface area contributed by atoms with Crippen LogP contribution in [-0.4, -0.2) is 17.9 Å². The van der Waals surface area contributed by atoms with Gasteiger partial charge in [0.1, 0.15) is 11.6 Å². The van der Waals surface area contributed by atoms with Crippen molar-refractivity contribution in [3.05, 3.63) is 71.3 Å². The molecule has 0 atom stereocenters. The molecule has 0 unspecified atom stereocenters. The van der Waals surface area contributed by atoms with E-state index in [2.05, 4.69) is 0 Å². The highest BCUT2D eigenvalue weighted by Crippen LogP contribution is 2.10. The van der Waals surface area contributed by atoms with Gasteiger partial charge >= 0.3 is 0 Å². The summed E-state index contributed by atoms with van der Waals surface area (Å²) in [4.78, 5) is 13.6. The fourth-order valence-corrected chi connectivity index (χ4v) is 2.09. The first-order valence-corrected chi connectivity index (χ1v) is 6.77. The summed E-state index contributed by atoms with van der Waals surface area (Å²) >= 11 is 0. The number of halogens is 2. The molecule has 0 saturated heterocycles. The summed E-state index contributed by atoms with van der Waals surface area (Å²) in [6.07, 6.45) is 0.825. The van der Waals surface area contributed by atoms with Crippen molar-refractivity contribution in [1.29, 1.82) is 0 Å². The Morgan fingerprint density at radius 2 is 1.71 bits per heavy atom. The predicted molar refractivity (Wildman–Crippen MR) is 77.6 cm³/mol. The maximum Gasteiger partial charge on any atom is 0.222 e. The molecule has 0 radical (unpaired) electrons. The standard InChI is InChI=1S/C17H17F2NO/c1-20(12-14-5-8-15(18)9-6-14)17(21)10-7-13-3-2-4-16(19)11-13/h2-6,8-9,11H,7,10,12H2,1H3. The SMILES string of the molecule is CN(Cc1ccc(F)cc1)C(=O)CCc1cccc(F)c1. The van der Waals surface area contributed by atoms with Crippen molar-refractivity contribution >= 4 is 5.91 Å². The number of nitrogens with zero attached hydrogens (tertiary/aromatic N) is 1. The molecule has 0 saturated carbocycles. The highest BCUT2D eigenvalue weighted by molar-refractivity contribution is 5.76. The second-order valence-corrected chi connectivity index (χ2v) is 5.01. The predicted octanol–water partition coefficient (Wildman–Crippen LogP) is 3.56. The average Bonchev–Trinajstić information content (AvgIpc) is 2.47. The van der Waals surface area contributed by atoms with E-state index >= 15 is 0 Å². The van der Waals surface area contributed by atoms with Crippen LogP contribution in [0.5, 0.6) is 0 Å². The Morgan fingerprint density at radius 3 is 2.38 bits per heavy atom. The van der Waals surface area contributed by atoms with Gasteiger partial charge in [-0.15, -0.1) is 0 Å². The molecule has 110 valence electrons. The Morgan fingerprint density at radius 1 is 1.00 bits per heavy atom. The normalized spacial score (nSPS) is 10.4. The van der Waals surface area contributed by atoms with Gasteiger partial charge in [-0.1, -0.05) is 24.3 Å². The Balaban J connectivity index is 1.86. The molecule has 0 N–H and O–H groups in total. The van der Waals surface area contributed by atoms with Gasteiger partial charge in [-0.2, -0.15) is 0 Å². The number of rotatable bonds is 5. The second kappa shape index (κ2) is 6.97. The number of hydrogen-bond donors (Lipinski definition) is 0. The van der Waals surface area contributed by atoms with E-state index in [9.17, 15) is 13.6 Å². The van der Waals surface area contributed by atoms with Crippen LogP contribution in [-0.2, 0) is 17.8 Å². The molecule has 0 aromatic heterocycles. The number of benzene rings is 2. The largest absolute Gasteiger partial charge is 0.341 e. The fraction of sp³-hybridized carbons (Fsp3) is 0.235. The quantitative estimate of drug-likeness (QED) is 0.824. The molecular weight excluding hydrogens is 272 g/mol. The zero-order valence-electron chi connectivity index (χ0n) is 11.9. The van der Waals surface area contributed by atoms with E-state index in [1.807, 2.05) is 0 Å². The smallest absolute Gasteiger partial charge is 0.222 e. The monoisotopic (exact) mass is 289 g/mol. The lowest BCUT2D eigenvalue weighted by molar-refractivity contribution is -0.130. The van der Waals surface area contributed by atoms with Crippen molar-refractivity contribution in [3.63, 3.8) is 0 Å². The van der Waals surface area contributed by atoms with E-state index in [0.29, 0.717) is 19.4 Å². The van der Waals surface area contributed by atoms with E-state index in [-0.39, 0.29) is 17.5 Å². The minimum atomic E-state index is -0.293. The minimum absolute atomic E-state index is 0.0245. The van der Waals surface area contributed by atoms with Gasteiger partial charge in [-0.3, -0.25) is 4.79 Å². The summed E-state index contributed by atoms with van der Waals surface area (Å²) in [5, 5.41) is 0. The van der Waals surface area contributed by atoms with Gasteiger partial charge in [-0.25, -0.2) is 8.78 Å². The van der Waals surface area contributed by atoms with Crippen LogP contribution in [0.25, 0.3) is 0 Å². The average molecular weight is 289 g/mol. The van der Waals surface area contributed by atoms with E-state index in [1.165, 1.54) is 24.3 Å². The second-order valence-electron chi connectivity index (χ2n) is 5.01. The third-order valence-corrected chi connectivity index (χ3v) is 3.28. The molecule has 0 heterocycles. The van der Waals surface area contributed by atoms with Crippen LogP contribution < -0.4 is 0 Å². The van der Waals surface area contributed by atoms with Gasteiger partial charge in [0, 0.05) is 20.0 Å². The summed E-state index contributed by atoms with van der Waals surface area (Å²) in [6.45, 7) is 0.433. The van der Waals surface area contributed by atoms with E-state index < -0.39 is 0 Å². The summed E-state index contributed by atoms with van der Waals surface area (Å²) in [5.74, 6) is -0.609. The zero-order chi connectivity index (χ0) is 15.2. The third-order valence-electron chi connectivity index (χ3n) is 3.28. The third kappa shape index (κ3) is 4.67. The molecule has 2 aromatic carbocycles. The van der Waals surface area contributed by atoms with Gasteiger partial charge in [0.2, 0.25) is 5.91 Å². The minimum Gasteiger partial charge on any atom is -0.341 e. The number of carbonyl (C=O) groups excluding carboxylic acids is 1. The van der Waals surface area contributed by atoms with Crippen LogP contribution in [0.1, 0.15) is 17.5 Å². The highest BCUT2D eigenvalue weighted by Gasteiger charge is 2.09. The molecule has 1 amide bonds. The van der Waals surface area contributed by atoms with Crippen LogP contribution in [0.15, 0.2) is 48.5 Å². The van der Waals surface area contributed by atoms with Crippen molar-refractivity contribution in [3.8, 4) is 0 Å². The van der Waals surface area contributed by atoms with Crippen molar-refractivity contribution in [2.75, 3.05) is 7.05 Å². The van der Waals surface area contributed by atoms with Gasteiger partial charge in [0.05, 0.1) is 0 Å². The topological polar surface area (TPSA) is 20.3 Å². The Hall–Kier alpha value is -2.23. The number of carbonyl (C=O) groups is 1. The maximum atomic E-state index is 13.0. The molecule has 2 rings (SSSR count). The van der Waals surface area contributed by atoms with Crippen LogP contribution in [0, 0.1) is 11.6 Å². The highest BCUT2D eigenvalue weighted by atomic mass is 19.1. The van der Waals surface area contributed by atoms with Gasteiger partial charge in [-0.05, 0) is 41.8 Å². The van der Waals surface area contributed by atoms with Gasteiger partial charge in [0.25, 0.3) is 0 Å². The zero-order valence-corrected chi connectivity index (χ0v) is 11.9. The number of aryl methyl sites for hydroxylation is 1. The van der Waals surface area contributed by atoms with Gasteiger partial charge < -0.3 is 4.90 Å². The molecule has 0 spiro atoms. The van der Waals surface area contributed by atoms with Crippen LogP contribution in [0.2, 0.25) is 0 Å². The number of amides is 1. The van der Waals surface area contributed by atoms with Crippen LogP contribution in [0.4, 0.5) is 8.78 Å². The molecule has 0 aliphatic heterocycles. The van der Waals surface area contributed by atoms with Crippen molar-refractivity contribution in [2.24, 2.45) is 0 Å². The summed E-state index contributed by atoms with van der Waals surface area (Å²) < 4.78 is 25.9. The Labute approximate surface area is 123 Å². The molecule has 0 aliphatic rings. The molecule has 0 aliphatic carbocycles. The molecule has 2 aromatic rings. The Kier molecular flexibility index (Phi) is 5.04. The first-order valence-electron chi connectivity index (χ1n) is 6.77. The number of hydrogen-bond acceptors (Lipinski definition) is 1. The first-order chi connectivity index (χ1) is 10.0. The molecule has 21 heavy (non-hydrogen) atoms. The van der Waals surface area contributed by atoms with E-state index in [4.69, 9.17) is 0 Å². The van der Waals surface area contributed by atoms with E-state index in [1.54, 1.807) is 36.2 Å². The summed E-state index contributed by atoms with van der Waals surface area (Å²) in [5.41, 5.74) is 1.68. The summed E-state index contributed by atoms with van der Waals surface area (Å²) in [6, 6.07) is 12.3. The molecular formula is C17H17F2NO. The summed E-state index contributed by atoms with van der Waals surface area (Å²) in [7, 11) is 1.71. The van der Waals surface area contributed by atoms with Crippen molar-refractivity contribution < 1.29 is 13.6 Å².